The minimum atomic E-state index is -0.104. The zero-order valence-electron chi connectivity index (χ0n) is 15.9. The summed E-state index contributed by atoms with van der Waals surface area (Å²) in [4.78, 5) is 18.4. The number of amides is 1. The zero-order chi connectivity index (χ0) is 19.8. The summed E-state index contributed by atoms with van der Waals surface area (Å²) in [6.45, 7) is 2.11. The minimum absolute atomic E-state index is 0.104. The Labute approximate surface area is 172 Å². The van der Waals surface area contributed by atoms with Crippen molar-refractivity contribution in [1.82, 2.24) is 9.38 Å². The molecule has 0 aliphatic heterocycles. The number of aromatic nitrogens is 2. The monoisotopic (exact) mass is 397 g/mol. The van der Waals surface area contributed by atoms with Gasteiger partial charge in [-0.2, -0.15) is 0 Å². The number of carbonyl (C=O) groups is 1. The Morgan fingerprint density at radius 3 is 2.59 bits per heavy atom. The molecule has 0 saturated heterocycles. The Morgan fingerprint density at radius 1 is 1.03 bits per heavy atom. The summed E-state index contributed by atoms with van der Waals surface area (Å²) in [5, 5.41) is 2.98. The molecular formula is C24H19N3OS. The molecule has 1 N–H and O–H groups in total. The average molecular weight is 398 g/mol. The van der Waals surface area contributed by atoms with Crippen molar-refractivity contribution >= 4 is 38.1 Å². The highest BCUT2D eigenvalue weighted by atomic mass is 32.1. The van der Waals surface area contributed by atoms with E-state index in [1.165, 1.54) is 5.56 Å². The molecule has 142 valence electrons. The molecule has 1 amide bonds. The second-order valence-corrected chi connectivity index (χ2v) is 7.94. The van der Waals surface area contributed by atoms with Crippen LogP contribution in [-0.2, 0) is 6.42 Å². The van der Waals surface area contributed by atoms with E-state index in [-0.39, 0.29) is 5.91 Å². The summed E-state index contributed by atoms with van der Waals surface area (Å²) in [5.74, 6) is -0.104. The van der Waals surface area contributed by atoms with Gasteiger partial charge >= 0.3 is 0 Å². The number of hydrogen-bond acceptors (Lipinski definition) is 3. The molecule has 5 heteroatoms. The van der Waals surface area contributed by atoms with Crippen LogP contribution in [0.2, 0.25) is 0 Å². The second kappa shape index (κ2) is 7.18. The summed E-state index contributed by atoms with van der Waals surface area (Å²) < 4.78 is 3.13. The molecule has 2 heterocycles. The maximum Gasteiger partial charge on any atom is 0.255 e. The third-order valence-corrected chi connectivity index (χ3v) is 6.06. The van der Waals surface area contributed by atoms with Gasteiger partial charge in [0.25, 0.3) is 5.91 Å². The molecule has 0 saturated carbocycles. The van der Waals surface area contributed by atoms with Crippen LogP contribution < -0.4 is 5.32 Å². The van der Waals surface area contributed by atoms with Crippen LogP contribution in [0.15, 0.2) is 79.0 Å². The summed E-state index contributed by atoms with van der Waals surface area (Å²) in [6, 6.07) is 23.9. The van der Waals surface area contributed by atoms with Gasteiger partial charge in [-0.25, -0.2) is 4.98 Å². The van der Waals surface area contributed by atoms with E-state index in [2.05, 4.69) is 35.0 Å². The summed E-state index contributed by atoms with van der Waals surface area (Å²) in [6.07, 6.45) is 3.04. The second-order valence-electron chi connectivity index (χ2n) is 6.93. The first kappa shape index (κ1) is 17.6. The smallest absolute Gasteiger partial charge is 0.255 e. The molecule has 0 fully saturated rings. The lowest BCUT2D eigenvalue weighted by Gasteiger charge is -2.06. The summed E-state index contributed by atoms with van der Waals surface area (Å²) in [5.41, 5.74) is 5.81. The third-order valence-electron chi connectivity index (χ3n) is 5.05. The van der Waals surface area contributed by atoms with E-state index in [1.54, 1.807) is 11.3 Å². The van der Waals surface area contributed by atoms with Crippen molar-refractivity contribution in [2.75, 3.05) is 5.32 Å². The number of carbonyl (C=O) groups excluding carboxylic acids is 1. The standard InChI is InChI=1S/C24H19N3OS/c1-2-16-8-11-19(12-9-16)25-23(28)18-10-13-21-22(14-18)29-24-26-20(15-27(21)24)17-6-4-3-5-7-17/h3-15H,2H2,1H3,(H,25,28). The Kier molecular flexibility index (Phi) is 4.37. The molecule has 29 heavy (non-hydrogen) atoms. The van der Waals surface area contributed by atoms with Crippen molar-refractivity contribution in [2.45, 2.75) is 13.3 Å². The number of hydrogen-bond donors (Lipinski definition) is 1. The predicted octanol–water partition coefficient (Wildman–Crippen LogP) is 6.03. The molecule has 0 unspecified atom stereocenters. The van der Waals surface area contributed by atoms with E-state index in [1.807, 2.05) is 60.7 Å². The van der Waals surface area contributed by atoms with Gasteiger partial charge in [-0.3, -0.25) is 9.20 Å². The largest absolute Gasteiger partial charge is 0.322 e. The van der Waals surface area contributed by atoms with Crippen molar-refractivity contribution in [3.8, 4) is 11.3 Å². The molecule has 0 bridgehead atoms. The number of anilines is 1. The van der Waals surface area contributed by atoms with Crippen LogP contribution >= 0.6 is 11.3 Å². The van der Waals surface area contributed by atoms with E-state index in [4.69, 9.17) is 4.98 Å². The number of fused-ring (bicyclic) bond motifs is 3. The molecule has 3 aromatic carbocycles. The van der Waals surface area contributed by atoms with E-state index < -0.39 is 0 Å². The van der Waals surface area contributed by atoms with E-state index in [0.717, 1.165) is 38.5 Å². The minimum Gasteiger partial charge on any atom is -0.322 e. The van der Waals surface area contributed by atoms with Crippen molar-refractivity contribution in [2.24, 2.45) is 0 Å². The fourth-order valence-corrected chi connectivity index (χ4v) is 4.46. The van der Waals surface area contributed by atoms with Crippen molar-refractivity contribution in [3.63, 3.8) is 0 Å². The maximum absolute atomic E-state index is 12.7. The van der Waals surface area contributed by atoms with Gasteiger partial charge in [0.15, 0.2) is 4.96 Å². The topological polar surface area (TPSA) is 46.4 Å². The predicted molar refractivity (Wildman–Crippen MR) is 120 cm³/mol. The van der Waals surface area contributed by atoms with Crippen LogP contribution in [-0.4, -0.2) is 15.3 Å². The number of thiazole rings is 1. The van der Waals surface area contributed by atoms with Crippen LogP contribution in [0.4, 0.5) is 5.69 Å². The lowest BCUT2D eigenvalue weighted by atomic mass is 10.1. The Hall–Kier alpha value is -3.44. The number of nitrogens with zero attached hydrogens (tertiary/aromatic N) is 2. The van der Waals surface area contributed by atoms with Gasteiger partial charge in [0.1, 0.15) is 0 Å². The van der Waals surface area contributed by atoms with Gasteiger partial charge in [0.2, 0.25) is 0 Å². The number of nitrogens with one attached hydrogen (secondary N) is 1. The van der Waals surface area contributed by atoms with Gasteiger partial charge in [0, 0.05) is 23.0 Å². The highest BCUT2D eigenvalue weighted by Crippen LogP contribution is 2.30. The number of benzene rings is 3. The quantitative estimate of drug-likeness (QED) is 0.402. The first-order valence-corrected chi connectivity index (χ1v) is 10.4. The summed E-state index contributed by atoms with van der Waals surface area (Å²) >= 11 is 1.59. The molecule has 0 aliphatic rings. The number of imidazole rings is 1. The number of rotatable bonds is 4. The number of aryl methyl sites for hydroxylation is 1. The van der Waals surface area contributed by atoms with Crippen LogP contribution in [0.3, 0.4) is 0 Å². The molecular weight excluding hydrogens is 378 g/mol. The first-order valence-electron chi connectivity index (χ1n) is 9.58. The third kappa shape index (κ3) is 3.30. The zero-order valence-corrected chi connectivity index (χ0v) is 16.7. The van der Waals surface area contributed by atoms with Gasteiger partial charge in [-0.15, -0.1) is 0 Å². The molecule has 0 radical (unpaired) electrons. The molecule has 0 atom stereocenters. The Bertz CT molecular complexity index is 1320. The first-order chi connectivity index (χ1) is 14.2. The Morgan fingerprint density at radius 2 is 1.83 bits per heavy atom. The van der Waals surface area contributed by atoms with Crippen LogP contribution in [0.1, 0.15) is 22.8 Å². The highest BCUT2D eigenvalue weighted by Gasteiger charge is 2.13. The SMILES string of the molecule is CCc1ccc(NC(=O)c2ccc3c(c2)sc2nc(-c4ccccc4)cn23)cc1. The van der Waals surface area contributed by atoms with Crippen LogP contribution in [0.5, 0.6) is 0 Å². The van der Waals surface area contributed by atoms with E-state index in [9.17, 15) is 4.79 Å². The van der Waals surface area contributed by atoms with Crippen molar-refractivity contribution in [3.05, 3.63) is 90.1 Å². The van der Waals surface area contributed by atoms with Gasteiger partial charge in [0.05, 0.1) is 15.9 Å². The lowest BCUT2D eigenvalue weighted by Crippen LogP contribution is -2.11. The molecule has 0 spiro atoms. The van der Waals surface area contributed by atoms with E-state index >= 15 is 0 Å². The average Bonchev–Trinajstić information content (AvgIpc) is 3.32. The van der Waals surface area contributed by atoms with Crippen LogP contribution in [0, 0.1) is 0 Å². The van der Waals surface area contributed by atoms with Gasteiger partial charge in [-0.05, 0) is 42.3 Å². The molecule has 4 nitrogen and oxygen atoms in total. The molecule has 0 aliphatic carbocycles. The summed E-state index contributed by atoms with van der Waals surface area (Å²) in [7, 11) is 0. The van der Waals surface area contributed by atoms with E-state index in [0.29, 0.717) is 5.56 Å². The molecule has 5 aromatic rings. The normalized spacial score (nSPS) is 11.2. The lowest BCUT2D eigenvalue weighted by molar-refractivity contribution is 0.102. The van der Waals surface area contributed by atoms with Gasteiger partial charge in [-0.1, -0.05) is 60.7 Å². The Balaban J connectivity index is 1.44. The highest BCUT2D eigenvalue weighted by molar-refractivity contribution is 7.23. The van der Waals surface area contributed by atoms with Crippen molar-refractivity contribution in [1.29, 1.82) is 0 Å². The fraction of sp³-hybridized carbons (Fsp3) is 0.0833. The van der Waals surface area contributed by atoms with Gasteiger partial charge < -0.3 is 5.32 Å². The molecule has 5 rings (SSSR count). The van der Waals surface area contributed by atoms with Crippen LogP contribution in [0.25, 0.3) is 26.4 Å². The maximum atomic E-state index is 12.7. The molecule has 2 aromatic heterocycles. The van der Waals surface area contributed by atoms with Crippen molar-refractivity contribution < 1.29 is 4.79 Å². The fourth-order valence-electron chi connectivity index (χ4n) is 3.42.